The molecule has 1 heterocycles. The molecule has 0 fully saturated rings. The maximum Gasteiger partial charge on any atom is 0.127 e. The summed E-state index contributed by atoms with van der Waals surface area (Å²) in [6, 6.07) is 4.13. The average Bonchev–Trinajstić information content (AvgIpc) is 2.16. The third-order valence-corrected chi connectivity index (χ3v) is 2.33. The Hall–Kier alpha value is -1.09. The first-order chi connectivity index (χ1) is 6.52. The minimum Gasteiger partial charge on any atom is -0.363 e. The fourth-order valence-corrected chi connectivity index (χ4v) is 1.24. The van der Waals surface area contributed by atoms with Gasteiger partial charge in [0.05, 0.1) is 0 Å². The van der Waals surface area contributed by atoms with E-state index in [9.17, 15) is 0 Å². The number of hydrogen-bond acceptors (Lipinski definition) is 3. The van der Waals surface area contributed by atoms with Gasteiger partial charge in [0.1, 0.15) is 5.82 Å². The Balaban J connectivity index is 2.83. The highest BCUT2D eigenvalue weighted by molar-refractivity contribution is 5.37. The van der Waals surface area contributed by atoms with Crippen LogP contribution in [-0.2, 0) is 0 Å². The van der Waals surface area contributed by atoms with Crippen LogP contribution in [0.2, 0.25) is 0 Å². The van der Waals surface area contributed by atoms with Gasteiger partial charge in [-0.25, -0.2) is 4.98 Å². The minimum absolute atomic E-state index is 0.0821. The van der Waals surface area contributed by atoms with Crippen molar-refractivity contribution >= 4 is 5.82 Å². The predicted molar refractivity (Wildman–Crippen MR) is 60.3 cm³/mol. The lowest BCUT2D eigenvalue weighted by Gasteiger charge is -2.17. The molecule has 0 aromatic carbocycles. The number of nitrogens with two attached hydrogens (primary N) is 1. The number of hydrogen-bond donors (Lipinski definition) is 1. The zero-order chi connectivity index (χ0) is 10.7. The summed E-state index contributed by atoms with van der Waals surface area (Å²) >= 11 is 0. The monoisotopic (exact) mass is 193 g/mol. The van der Waals surface area contributed by atoms with Crippen molar-refractivity contribution in [3.05, 3.63) is 23.9 Å². The van der Waals surface area contributed by atoms with E-state index in [4.69, 9.17) is 5.73 Å². The molecule has 0 spiro atoms. The Morgan fingerprint density at radius 1 is 1.29 bits per heavy atom. The standard InChI is InChI=1S/C11H19N3/c1-8(2)11(12)9-5-6-10(13-7-9)14(3)4/h5-8,11H,12H2,1-4H3/t11-/m1/s1. The molecular formula is C11H19N3. The second-order valence-electron chi connectivity index (χ2n) is 4.11. The first-order valence-corrected chi connectivity index (χ1v) is 4.91. The van der Waals surface area contributed by atoms with Gasteiger partial charge in [0.15, 0.2) is 0 Å². The van der Waals surface area contributed by atoms with Gasteiger partial charge in [-0.05, 0) is 17.5 Å². The number of nitrogens with zero attached hydrogens (tertiary/aromatic N) is 2. The smallest absolute Gasteiger partial charge is 0.127 e. The zero-order valence-corrected chi connectivity index (χ0v) is 9.36. The van der Waals surface area contributed by atoms with E-state index in [1.165, 1.54) is 0 Å². The van der Waals surface area contributed by atoms with Crippen molar-refractivity contribution in [3.8, 4) is 0 Å². The minimum atomic E-state index is 0.0821. The van der Waals surface area contributed by atoms with Crippen LogP contribution in [0.1, 0.15) is 25.5 Å². The van der Waals surface area contributed by atoms with Crippen LogP contribution >= 0.6 is 0 Å². The maximum absolute atomic E-state index is 6.01. The highest BCUT2D eigenvalue weighted by atomic mass is 15.1. The predicted octanol–water partition coefficient (Wildman–Crippen LogP) is 1.80. The van der Waals surface area contributed by atoms with Crippen LogP contribution < -0.4 is 10.6 Å². The maximum atomic E-state index is 6.01. The summed E-state index contributed by atoms with van der Waals surface area (Å²) < 4.78 is 0. The summed E-state index contributed by atoms with van der Waals surface area (Å²) in [4.78, 5) is 6.30. The summed E-state index contributed by atoms with van der Waals surface area (Å²) in [7, 11) is 3.95. The van der Waals surface area contributed by atoms with Crippen molar-refractivity contribution in [1.29, 1.82) is 0 Å². The quantitative estimate of drug-likeness (QED) is 0.796. The van der Waals surface area contributed by atoms with Gasteiger partial charge in [-0.15, -0.1) is 0 Å². The molecule has 78 valence electrons. The van der Waals surface area contributed by atoms with E-state index >= 15 is 0 Å². The van der Waals surface area contributed by atoms with Crippen molar-refractivity contribution < 1.29 is 0 Å². The fourth-order valence-electron chi connectivity index (χ4n) is 1.24. The molecule has 3 heteroatoms. The van der Waals surface area contributed by atoms with Gasteiger partial charge in [0.25, 0.3) is 0 Å². The molecule has 14 heavy (non-hydrogen) atoms. The van der Waals surface area contributed by atoms with E-state index in [1.807, 2.05) is 37.3 Å². The molecule has 0 radical (unpaired) electrons. The molecular weight excluding hydrogens is 174 g/mol. The Labute approximate surface area is 85.9 Å². The van der Waals surface area contributed by atoms with Gasteiger partial charge in [-0.2, -0.15) is 0 Å². The van der Waals surface area contributed by atoms with Crippen LogP contribution in [-0.4, -0.2) is 19.1 Å². The van der Waals surface area contributed by atoms with Crippen LogP contribution in [0.4, 0.5) is 5.82 Å². The molecule has 0 aliphatic carbocycles. The van der Waals surface area contributed by atoms with Crippen molar-refractivity contribution in [2.45, 2.75) is 19.9 Å². The lowest BCUT2D eigenvalue weighted by Crippen LogP contribution is -2.17. The van der Waals surface area contributed by atoms with Gasteiger partial charge in [-0.3, -0.25) is 0 Å². The van der Waals surface area contributed by atoms with E-state index in [2.05, 4.69) is 18.8 Å². The lowest BCUT2D eigenvalue weighted by molar-refractivity contribution is 0.513. The van der Waals surface area contributed by atoms with Crippen LogP contribution in [0.25, 0.3) is 0 Å². The summed E-state index contributed by atoms with van der Waals surface area (Å²) in [6.45, 7) is 4.23. The summed E-state index contributed by atoms with van der Waals surface area (Å²) in [5, 5.41) is 0. The van der Waals surface area contributed by atoms with Crippen molar-refractivity contribution in [2.75, 3.05) is 19.0 Å². The highest BCUT2D eigenvalue weighted by Gasteiger charge is 2.10. The van der Waals surface area contributed by atoms with Gasteiger partial charge in [0.2, 0.25) is 0 Å². The molecule has 2 N–H and O–H groups in total. The molecule has 0 aliphatic rings. The van der Waals surface area contributed by atoms with E-state index in [0.29, 0.717) is 5.92 Å². The Bertz CT molecular complexity index is 277. The lowest BCUT2D eigenvalue weighted by atomic mass is 9.99. The third kappa shape index (κ3) is 2.45. The van der Waals surface area contributed by atoms with E-state index < -0.39 is 0 Å². The number of aromatic nitrogens is 1. The van der Waals surface area contributed by atoms with Gasteiger partial charge < -0.3 is 10.6 Å². The van der Waals surface area contributed by atoms with Crippen molar-refractivity contribution in [3.63, 3.8) is 0 Å². The zero-order valence-electron chi connectivity index (χ0n) is 9.36. The highest BCUT2D eigenvalue weighted by Crippen LogP contribution is 2.19. The topological polar surface area (TPSA) is 42.1 Å². The third-order valence-electron chi connectivity index (χ3n) is 2.33. The normalized spacial score (nSPS) is 13.0. The van der Waals surface area contributed by atoms with E-state index in [-0.39, 0.29) is 6.04 Å². The molecule has 0 saturated carbocycles. The van der Waals surface area contributed by atoms with Crippen LogP contribution in [0.15, 0.2) is 18.3 Å². The number of anilines is 1. The summed E-state index contributed by atoms with van der Waals surface area (Å²) in [5.74, 6) is 1.41. The Morgan fingerprint density at radius 2 is 1.93 bits per heavy atom. The van der Waals surface area contributed by atoms with Crippen molar-refractivity contribution in [2.24, 2.45) is 11.7 Å². The summed E-state index contributed by atoms with van der Waals surface area (Å²) in [6.07, 6.45) is 1.86. The van der Waals surface area contributed by atoms with Crippen LogP contribution in [0.3, 0.4) is 0 Å². The second-order valence-corrected chi connectivity index (χ2v) is 4.11. The first-order valence-electron chi connectivity index (χ1n) is 4.91. The number of rotatable bonds is 3. The summed E-state index contributed by atoms with van der Waals surface area (Å²) in [5.41, 5.74) is 7.11. The molecule has 0 saturated heterocycles. The van der Waals surface area contributed by atoms with E-state index in [1.54, 1.807) is 0 Å². The van der Waals surface area contributed by atoms with Crippen LogP contribution in [0.5, 0.6) is 0 Å². The number of pyridine rings is 1. The molecule has 1 rings (SSSR count). The molecule has 1 atom stereocenters. The SMILES string of the molecule is CC(C)[C@@H](N)c1ccc(N(C)C)nc1. The molecule has 1 aromatic rings. The molecule has 0 aliphatic heterocycles. The van der Waals surface area contributed by atoms with Gasteiger partial charge in [0, 0.05) is 26.3 Å². The van der Waals surface area contributed by atoms with Gasteiger partial charge in [-0.1, -0.05) is 19.9 Å². The molecule has 0 bridgehead atoms. The second kappa shape index (κ2) is 4.42. The first kappa shape index (κ1) is 11.0. The molecule has 3 nitrogen and oxygen atoms in total. The largest absolute Gasteiger partial charge is 0.363 e. The fraction of sp³-hybridized carbons (Fsp3) is 0.545. The van der Waals surface area contributed by atoms with Crippen molar-refractivity contribution in [1.82, 2.24) is 4.98 Å². The van der Waals surface area contributed by atoms with Gasteiger partial charge >= 0.3 is 0 Å². The Kier molecular flexibility index (Phi) is 3.47. The average molecular weight is 193 g/mol. The van der Waals surface area contributed by atoms with Crippen LogP contribution in [0, 0.1) is 5.92 Å². The molecule has 0 amide bonds. The van der Waals surface area contributed by atoms with E-state index in [0.717, 1.165) is 11.4 Å². The molecule has 0 unspecified atom stereocenters. The molecule has 1 aromatic heterocycles. The Morgan fingerprint density at radius 3 is 2.29 bits per heavy atom.